The van der Waals surface area contributed by atoms with Crippen LogP contribution in [0.5, 0.6) is 0 Å². The number of hydroxylamine groups is 1. The second-order valence-corrected chi connectivity index (χ2v) is 7.17. The highest BCUT2D eigenvalue weighted by Gasteiger charge is 2.23. The van der Waals surface area contributed by atoms with Crippen LogP contribution in [0.1, 0.15) is 27.0 Å². The second kappa shape index (κ2) is 8.32. The fourth-order valence-corrected chi connectivity index (χ4v) is 3.83. The Bertz CT molecular complexity index is 989. The van der Waals surface area contributed by atoms with E-state index in [1.54, 1.807) is 11.6 Å². The van der Waals surface area contributed by atoms with Gasteiger partial charge >= 0.3 is 0 Å². The maximum absolute atomic E-state index is 12.9. The lowest BCUT2D eigenvalue weighted by molar-refractivity contribution is -0.124. The Kier molecular flexibility index (Phi) is 5.44. The van der Waals surface area contributed by atoms with Crippen LogP contribution in [0.2, 0.25) is 0 Å². The van der Waals surface area contributed by atoms with E-state index in [1.807, 2.05) is 47.4 Å². The van der Waals surface area contributed by atoms with E-state index in [0.29, 0.717) is 26.2 Å². The molecule has 0 radical (unpaired) electrons. The number of para-hydroxylation sites is 1. The average Bonchev–Trinajstić information content (AvgIpc) is 3.25. The van der Waals surface area contributed by atoms with Crippen molar-refractivity contribution in [1.29, 1.82) is 0 Å². The molecule has 6 heteroatoms. The van der Waals surface area contributed by atoms with E-state index in [9.17, 15) is 9.59 Å². The number of hydrogen-bond acceptors (Lipinski definition) is 4. The second-order valence-electron chi connectivity index (χ2n) is 7.17. The van der Waals surface area contributed by atoms with E-state index in [1.165, 1.54) is 11.6 Å². The maximum atomic E-state index is 12.9. The van der Waals surface area contributed by atoms with Crippen LogP contribution in [0.15, 0.2) is 54.6 Å². The lowest BCUT2D eigenvalue weighted by Gasteiger charge is -2.37. The highest BCUT2D eigenvalue weighted by Crippen LogP contribution is 2.25. The number of carbonyl (C=O) groups is 2. The Hall–Kier alpha value is -3.38. The third-order valence-electron chi connectivity index (χ3n) is 5.40. The third-order valence-corrected chi connectivity index (χ3v) is 5.40. The first-order valence-electron chi connectivity index (χ1n) is 9.70. The van der Waals surface area contributed by atoms with Gasteiger partial charge in [-0.1, -0.05) is 36.4 Å². The Morgan fingerprint density at radius 1 is 1.03 bits per heavy atom. The summed E-state index contributed by atoms with van der Waals surface area (Å²) in [5.74, 6) is -0.500. The molecule has 2 aliphatic rings. The average molecular weight is 389 g/mol. The van der Waals surface area contributed by atoms with Gasteiger partial charge < -0.3 is 9.80 Å². The summed E-state index contributed by atoms with van der Waals surface area (Å²) in [6.07, 6.45) is 8.10. The Balaban J connectivity index is 1.43. The van der Waals surface area contributed by atoms with E-state index >= 15 is 0 Å². The number of piperazine rings is 1. The first kappa shape index (κ1) is 19.0. The van der Waals surface area contributed by atoms with Gasteiger partial charge in [-0.05, 0) is 47.4 Å². The molecule has 1 heterocycles. The number of benzene rings is 2. The molecular weight excluding hydrogens is 366 g/mol. The van der Waals surface area contributed by atoms with Crippen molar-refractivity contribution in [3.63, 3.8) is 0 Å². The molecule has 6 nitrogen and oxygen atoms in total. The highest BCUT2D eigenvalue weighted by molar-refractivity contribution is 5.95. The molecule has 0 bridgehead atoms. The summed E-state index contributed by atoms with van der Waals surface area (Å²) >= 11 is 0. The summed E-state index contributed by atoms with van der Waals surface area (Å²) in [6.45, 7) is 2.71. The molecule has 1 aliphatic carbocycles. The number of nitrogens with one attached hydrogen (secondary N) is 1. The molecular formula is C23H23N3O3. The van der Waals surface area contributed by atoms with Crippen LogP contribution in [0, 0.1) is 0 Å². The van der Waals surface area contributed by atoms with Gasteiger partial charge in [0, 0.05) is 43.5 Å². The number of hydrogen-bond donors (Lipinski definition) is 2. The van der Waals surface area contributed by atoms with Crippen LogP contribution in [-0.2, 0) is 11.2 Å². The van der Waals surface area contributed by atoms with Crippen molar-refractivity contribution in [1.82, 2.24) is 10.4 Å². The molecule has 0 saturated carbocycles. The molecule has 29 heavy (non-hydrogen) atoms. The normalized spacial score (nSPS) is 15.6. The molecule has 4 rings (SSSR count). The monoisotopic (exact) mass is 389 g/mol. The molecule has 2 N–H and O–H groups in total. The lowest BCUT2D eigenvalue weighted by Crippen LogP contribution is -2.49. The van der Waals surface area contributed by atoms with Crippen LogP contribution in [-0.4, -0.2) is 48.1 Å². The minimum Gasteiger partial charge on any atom is -0.367 e. The summed E-state index contributed by atoms with van der Waals surface area (Å²) in [4.78, 5) is 28.3. The standard InChI is InChI=1S/C23H23N3O3/c27-22(24-29)11-10-18-4-1-2-7-21(18)25-12-14-26(15-13-25)23(28)20-9-8-17-5-3-6-19(17)16-20/h1-4,6-11,16,29H,5,12-15H2,(H,24,27)/b11-10+. The van der Waals surface area contributed by atoms with E-state index in [2.05, 4.69) is 17.1 Å². The van der Waals surface area contributed by atoms with Crippen molar-refractivity contribution >= 4 is 29.7 Å². The van der Waals surface area contributed by atoms with Gasteiger partial charge in [-0.15, -0.1) is 0 Å². The fraction of sp³-hybridized carbons (Fsp3) is 0.217. The van der Waals surface area contributed by atoms with E-state index in [4.69, 9.17) is 5.21 Å². The largest absolute Gasteiger partial charge is 0.367 e. The van der Waals surface area contributed by atoms with Gasteiger partial charge in [-0.25, -0.2) is 5.48 Å². The van der Waals surface area contributed by atoms with Gasteiger partial charge in [-0.2, -0.15) is 0 Å². The first-order chi connectivity index (χ1) is 14.2. The lowest BCUT2D eigenvalue weighted by atomic mass is 10.0. The molecule has 2 amide bonds. The molecule has 1 saturated heterocycles. The van der Waals surface area contributed by atoms with E-state index in [0.717, 1.165) is 28.8 Å². The summed E-state index contributed by atoms with van der Waals surface area (Å²) in [6, 6.07) is 13.7. The molecule has 0 aromatic heterocycles. The molecule has 0 unspecified atom stereocenters. The van der Waals surface area contributed by atoms with Gasteiger partial charge in [0.05, 0.1) is 0 Å². The minimum atomic E-state index is -0.570. The summed E-state index contributed by atoms with van der Waals surface area (Å²) in [7, 11) is 0. The Morgan fingerprint density at radius 2 is 1.83 bits per heavy atom. The number of fused-ring (bicyclic) bond motifs is 1. The zero-order valence-corrected chi connectivity index (χ0v) is 16.0. The maximum Gasteiger partial charge on any atom is 0.267 e. The third kappa shape index (κ3) is 4.07. The summed E-state index contributed by atoms with van der Waals surface area (Å²) in [5, 5.41) is 8.66. The fourth-order valence-electron chi connectivity index (χ4n) is 3.83. The van der Waals surface area contributed by atoms with Gasteiger partial charge in [0.2, 0.25) is 0 Å². The predicted molar refractivity (Wildman–Crippen MR) is 113 cm³/mol. The van der Waals surface area contributed by atoms with Crippen LogP contribution in [0.4, 0.5) is 5.69 Å². The van der Waals surface area contributed by atoms with Crippen LogP contribution >= 0.6 is 0 Å². The van der Waals surface area contributed by atoms with Crippen molar-refractivity contribution in [2.45, 2.75) is 6.42 Å². The number of allylic oxidation sites excluding steroid dienone is 1. The van der Waals surface area contributed by atoms with Gasteiger partial charge in [-0.3, -0.25) is 14.8 Å². The van der Waals surface area contributed by atoms with E-state index < -0.39 is 5.91 Å². The smallest absolute Gasteiger partial charge is 0.267 e. The molecule has 0 spiro atoms. The quantitative estimate of drug-likeness (QED) is 0.479. The van der Waals surface area contributed by atoms with Gasteiger partial charge in [0.1, 0.15) is 0 Å². The first-order valence-corrected chi connectivity index (χ1v) is 9.70. The zero-order valence-electron chi connectivity index (χ0n) is 16.0. The summed E-state index contributed by atoms with van der Waals surface area (Å²) < 4.78 is 0. The Morgan fingerprint density at radius 3 is 2.62 bits per heavy atom. The molecule has 2 aromatic rings. The molecule has 1 aliphatic heterocycles. The molecule has 2 aromatic carbocycles. The number of amides is 2. The van der Waals surface area contributed by atoms with E-state index in [-0.39, 0.29) is 5.91 Å². The number of carbonyl (C=O) groups excluding carboxylic acids is 2. The Labute approximate surface area is 169 Å². The van der Waals surface area contributed by atoms with Crippen LogP contribution in [0.25, 0.3) is 12.2 Å². The van der Waals surface area contributed by atoms with Crippen LogP contribution in [0.3, 0.4) is 0 Å². The topological polar surface area (TPSA) is 72.9 Å². The minimum absolute atomic E-state index is 0.0700. The van der Waals surface area contributed by atoms with Gasteiger partial charge in [0.25, 0.3) is 11.8 Å². The predicted octanol–water partition coefficient (Wildman–Crippen LogP) is 2.74. The molecule has 1 fully saturated rings. The van der Waals surface area contributed by atoms with Gasteiger partial charge in [0.15, 0.2) is 0 Å². The van der Waals surface area contributed by atoms with Crippen LogP contribution < -0.4 is 10.4 Å². The van der Waals surface area contributed by atoms with Crippen molar-refractivity contribution < 1.29 is 14.8 Å². The number of anilines is 1. The van der Waals surface area contributed by atoms with Crippen molar-refractivity contribution in [3.8, 4) is 0 Å². The molecule has 148 valence electrons. The zero-order chi connectivity index (χ0) is 20.2. The molecule has 0 atom stereocenters. The van der Waals surface area contributed by atoms with Crippen molar-refractivity contribution in [3.05, 3.63) is 76.9 Å². The number of rotatable bonds is 4. The highest BCUT2D eigenvalue weighted by atomic mass is 16.5. The van der Waals surface area contributed by atoms with Crippen molar-refractivity contribution in [2.24, 2.45) is 0 Å². The SMILES string of the molecule is O=C(/C=C/c1ccccc1N1CCN(C(=O)c2ccc3c(c2)C=CC3)CC1)NO. The number of nitrogens with zero attached hydrogens (tertiary/aromatic N) is 2. The van der Waals surface area contributed by atoms with Crippen molar-refractivity contribution in [2.75, 3.05) is 31.1 Å². The summed E-state index contributed by atoms with van der Waals surface area (Å²) in [5.41, 5.74) is 6.64.